The van der Waals surface area contributed by atoms with Gasteiger partial charge in [0.2, 0.25) is 11.8 Å². The van der Waals surface area contributed by atoms with Crippen molar-refractivity contribution in [3.8, 4) is 0 Å². The molecular formula is C24H38N4O6. The van der Waals surface area contributed by atoms with Crippen LogP contribution in [-0.2, 0) is 25.5 Å². The normalized spacial score (nSPS) is 15.0. The number of amides is 3. The minimum atomic E-state index is -1.18. The molecule has 190 valence electrons. The van der Waals surface area contributed by atoms with Gasteiger partial charge in [0.25, 0.3) is 0 Å². The third kappa shape index (κ3) is 10.7. The zero-order chi connectivity index (χ0) is 26.1. The fourth-order valence-corrected chi connectivity index (χ4v) is 3.29. The van der Waals surface area contributed by atoms with Gasteiger partial charge in [-0.1, -0.05) is 44.2 Å². The van der Waals surface area contributed by atoms with Gasteiger partial charge >= 0.3 is 12.1 Å². The van der Waals surface area contributed by atoms with Crippen molar-refractivity contribution in [1.29, 1.82) is 0 Å². The first-order valence-electron chi connectivity index (χ1n) is 11.3. The van der Waals surface area contributed by atoms with E-state index < -0.39 is 53.6 Å². The van der Waals surface area contributed by atoms with Crippen LogP contribution in [-0.4, -0.2) is 58.8 Å². The zero-order valence-electron chi connectivity index (χ0n) is 20.8. The lowest BCUT2D eigenvalue weighted by molar-refractivity contribution is -0.141. The minimum Gasteiger partial charge on any atom is -0.480 e. The molecule has 3 amide bonds. The molecular weight excluding hydrogens is 440 g/mol. The van der Waals surface area contributed by atoms with Crippen LogP contribution in [0, 0.1) is 5.92 Å². The van der Waals surface area contributed by atoms with Gasteiger partial charge in [0.15, 0.2) is 0 Å². The number of alkyl carbamates (subject to hydrolysis) is 1. The number of carbonyl (C=O) groups is 4. The molecule has 1 aromatic carbocycles. The zero-order valence-corrected chi connectivity index (χ0v) is 20.8. The van der Waals surface area contributed by atoms with Gasteiger partial charge in [0, 0.05) is 0 Å². The number of nitrogens with two attached hydrogens (primary N) is 1. The SMILES string of the molecule is CC(C)C[C@H](N[C@H](C(N)=O)[C@H](Cc1ccccc1)NC(=O)OC(C)(C)C)C(=O)N[C@@H](C)C(=O)O. The van der Waals surface area contributed by atoms with Crippen LogP contribution in [0.25, 0.3) is 0 Å². The number of nitrogens with one attached hydrogen (secondary N) is 3. The van der Waals surface area contributed by atoms with E-state index in [4.69, 9.17) is 15.6 Å². The van der Waals surface area contributed by atoms with Crippen molar-refractivity contribution in [2.24, 2.45) is 11.7 Å². The average Bonchev–Trinajstić information content (AvgIpc) is 2.69. The van der Waals surface area contributed by atoms with Crippen molar-refractivity contribution in [2.45, 2.75) is 84.2 Å². The molecule has 10 nitrogen and oxygen atoms in total. The number of aliphatic carboxylic acids is 1. The summed E-state index contributed by atoms with van der Waals surface area (Å²) in [7, 11) is 0. The summed E-state index contributed by atoms with van der Waals surface area (Å²) in [4.78, 5) is 49.1. The van der Waals surface area contributed by atoms with Crippen LogP contribution in [0.15, 0.2) is 30.3 Å². The molecule has 34 heavy (non-hydrogen) atoms. The average molecular weight is 479 g/mol. The van der Waals surface area contributed by atoms with E-state index in [1.807, 2.05) is 44.2 Å². The Morgan fingerprint density at radius 1 is 1.03 bits per heavy atom. The van der Waals surface area contributed by atoms with Gasteiger partial charge in [-0.2, -0.15) is 0 Å². The number of carbonyl (C=O) groups excluding carboxylic acids is 3. The highest BCUT2D eigenvalue weighted by molar-refractivity contribution is 5.88. The van der Waals surface area contributed by atoms with Crippen LogP contribution in [0.5, 0.6) is 0 Å². The summed E-state index contributed by atoms with van der Waals surface area (Å²) in [6, 6.07) is 5.18. The number of benzene rings is 1. The quantitative estimate of drug-likeness (QED) is 0.305. The number of hydrogen-bond donors (Lipinski definition) is 5. The largest absolute Gasteiger partial charge is 0.480 e. The van der Waals surface area contributed by atoms with Crippen LogP contribution in [0.2, 0.25) is 0 Å². The molecule has 0 fully saturated rings. The summed E-state index contributed by atoms with van der Waals surface area (Å²) in [5.41, 5.74) is 5.78. The summed E-state index contributed by atoms with van der Waals surface area (Å²) < 4.78 is 5.36. The molecule has 0 aromatic heterocycles. The van der Waals surface area contributed by atoms with Crippen LogP contribution >= 0.6 is 0 Å². The third-order valence-electron chi connectivity index (χ3n) is 4.84. The topological polar surface area (TPSA) is 160 Å². The van der Waals surface area contributed by atoms with Gasteiger partial charge in [-0.15, -0.1) is 0 Å². The summed E-state index contributed by atoms with van der Waals surface area (Å²) in [5, 5.41) is 17.2. The number of primary amides is 1. The Morgan fingerprint density at radius 3 is 2.09 bits per heavy atom. The summed E-state index contributed by atoms with van der Waals surface area (Å²) in [6.07, 6.45) is -0.180. The van der Waals surface area contributed by atoms with Crippen molar-refractivity contribution in [3.05, 3.63) is 35.9 Å². The predicted molar refractivity (Wildman–Crippen MR) is 128 cm³/mol. The number of rotatable bonds is 12. The number of carboxylic acid groups (broad SMARTS) is 1. The van der Waals surface area contributed by atoms with Crippen LogP contribution in [0.3, 0.4) is 0 Å². The van der Waals surface area contributed by atoms with E-state index in [9.17, 15) is 19.2 Å². The molecule has 6 N–H and O–H groups in total. The summed E-state index contributed by atoms with van der Waals surface area (Å²) in [5.74, 6) is -2.49. The molecule has 0 aliphatic heterocycles. The van der Waals surface area contributed by atoms with Crippen LogP contribution in [0.4, 0.5) is 4.79 Å². The lowest BCUT2D eigenvalue weighted by Crippen LogP contribution is -2.62. The van der Waals surface area contributed by atoms with E-state index in [1.54, 1.807) is 20.8 Å². The van der Waals surface area contributed by atoms with E-state index in [0.29, 0.717) is 6.42 Å². The van der Waals surface area contributed by atoms with E-state index in [1.165, 1.54) is 6.92 Å². The highest BCUT2D eigenvalue weighted by atomic mass is 16.6. The van der Waals surface area contributed by atoms with Gasteiger partial charge in [0.05, 0.1) is 12.1 Å². The second-order valence-corrected chi connectivity index (χ2v) is 9.74. The Hall–Kier alpha value is -3.14. The second kappa shape index (κ2) is 12.9. The van der Waals surface area contributed by atoms with Gasteiger partial charge in [-0.25, -0.2) is 4.79 Å². The first-order chi connectivity index (χ1) is 15.7. The molecule has 1 rings (SSSR count). The number of ether oxygens (including phenoxy) is 1. The van der Waals surface area contributed by atoms with E-state index in [0.717, 1.165) is 5.56 Å². The third-order valence-corrected chi connectivity index (χ3v) is 4.84. The van der Waals surface area contributed by atoms with Gasteiger partial charge < -0.3 is 26.2 Å². The van der Waals surface area contributed by atoms with Crippen molar-refractivity contribution in [2.75, 3.05) is 0 Å². The highest BCUT2D eigenvalue weighted by Gasteiger charge is 2.34. The van der Waals surface area contributed by atoms with Crippen LogP contribution < -0.4 is 21.7 Å². The Labute approximate surface area is 201 Å². The molecule has 0 bridgehead atoms. The van der Waals surface area contributed by atoms with Crippen molar-refractivity contribution in [3.63, 3.8) is 0 Å². The van der Waals surface area contributed by atoms with E-state index in [2.05, 4.69) is 16.0 Å². The maximum Gasteiger partial charge on any atom is 0.407 e. The lowest BCUT2D eigenvalue weighted by Gasteiger charge is -2.32. The fraction of sp³-hybridized carbons (Fsp3) is 0.583. The highest BCUT2D eigenvalue weighted by Crippen LogP contribution is 2.13. The Morgan fingerprint density at radius 2 is 1.62 bits per heavy atom. The maximum absolute atomic E-state index is 12.8. The number of carboxylic acids is 1. The number of hydrogen-bond acceptors (Lipinski definition) is 6. The Kier molecular flexibility index (Phi) is 11.0. The Bertz CT molecular complexity index is 838. The maximum atomic E-state index is 12.8. The molecule has 4 atom stereocenters. The molecule has 0 saturated carbocycles. The molecule has 10 heteroatoms. The smallest absolute Gasteiger partial charge is 0.407 e. The molecule has 1 aromatic rings. The molecule has 0 aliphatic rings. The molecule has 0 heterocycles. The van der Waals surface area contributed by atoms with E-state index >= 15 is 0 Å². The minimum absolute atomic E-state index is 0.0447. The van der Waals surface area contributed by atoms with Crippen LogP contribution in [0.1, 0.15) is 53.5 Å². The monoisotopic (exact) mass is 478 g/mol. The molecule has 0 radical (unpaired) electrons. The van der Waals surface area contributed by atoms with Crippen molar-refractivity contribution < 1.29 is 29.0 Å². The predicted octanol–water partition coefficient (Wildman–Crippen LogP) is 1.57. The lowest BCUT2D eigenvalue weighted by atomic mass is 9.96. The van der Waals surface area contributed by atoms with E-state index in [-0.39, 0.29) is 12.3 Å². The molecule has 0 unspecified atom stereocenters. The van der Waals surface area contributed by atoms with Crippen molar-refractivity contribution >= 4 is 23.9 Å². The summed E-state index contributed by atoms with van der Waals surface area (Å²) >= 11 is 0. The van der Waals surface area contributed by atoms with Gasteiger partial charge in [0.1, 0.15) is 17.7 Å². The molecule has 0 aliphatic carbocycles. The summed E-state index contributed by atoms with van der Waals surface area (Å²) in [6.45, 7) is 10.3. The standard InChI is InChI=1S/C24H38N4O6/c1-14(2)12-18(21(30)26-15(3)22(31)32)27-19(20(25)29)17(13-16-10-8-7-9-11-16)28-23(33)34-24(4,5)6/h7-11,14-15,17-19,27H,12-13H2,1-6H3,(H2,25,29)(H,26,30)(H,28,33)(H,31,32)/t15-,17-,18-,19-/m0/s1. The van der Waals surface area contributed by atoms with Crippen molar-refractivity contribution in [1.82, 2.24) is 16.0 Å². The fourth-order valence-electron chi connectivity index (χ4n) is 3.29. The first kappa shape index (κ1) is 28.9. The molecule has 0 saturated heterocycles. The first-order valence-corrected chi connectivity index (χ1v) is 11.3. The molecule has 0 spiro atoms. The van der Waals surface area contributed by atoms with Gasteiger partial charge in [-0.3, -0.25) is 19.7 Å². The second-order valence-electron chi connectivity index (χ2n) is 9.74. The van der Waals surface area contributed by atoms with Gasteiger partial charge in [-0.05, 0) is 52.0 Å². The Balaban J connectivity index is 3.23.